The van der Waals surface area contributed by atoms with Crippen LogP contribution in [0.25, 0.3) is 0 Å². The Labute approximate surface area is 125 Å². The molecule has 2 saturated heterocycles. The second-order valence-corrected chi connectivity index (χ2v) is 6.13. The molecule has 2 aliphatic rings. The van der Waals surface area contributed by atoms with Gasteiger partial charge in [-0.15, -0.1) is 0 Å². The first-order chi connectivity index (χ1) is 9.97. The molecule has 120 valence electrons. The van der Waals surface area contributed by atoms with E-state index in [1.807, 2.05) is 11.9 Å². The lowest BCUT2D eigenvalue weighted by Gasteiger charge is -2.39. The highest BCUT2D eigenvalue weighted by atomic mass is 16.4. The Kier molecular flexibility index (Phi) is 5.05. The van der Waals surface area contributed by atoms with Gasteiger partial charge < -0.3 is 14.9 Å². The third-order valence-electron chi connectivity index (χ3n) is 4.90. The maximum absolute atomic E-state index is 12.2. The highest BCUT2D eigenvalue weighted by Crippen LogP contribution is 2.35. The van der Waals surface area contributed by atoms with Crippen LogP contribution in [0.2, 0.25) is 0 Å². The highest BCUT2D eigenvalue weighted by molar-refractivity contribution is 5.77. The summed E-state index contributed by atoms with van der Waals surface area (Å²) in [5.74, 6) is -0.732. The van der Waals surface area contributed by atoms with Crippen molar-refractivity contribution in [1.29, 1.82) is 0 Å². The van der Waals surface area contributed by atoms with Crippen LogP contribution >= 0.6 is 0 Å². The molecule has 0 unspecified atom stereocenters. The van der Waals surface area contributed by atoms with E-state index in [9.17, 15) is 14.7 Å². The van der Waals surface area contributed by atoms with Gasteiger partial charge in [0, 0.05) is 39.3 Å². The zero-order chi connectivity index (χ0) is 15.5. The molecule has 0 aromatic rings. The Morgan fingerprint density at radius 1 is 1.10 bits per heavy atom. The van der Waals surface area contributed by atoms with Crippen molar-refractivity contribution < 1.29 is 14.7 Å². The van der Waals surface area contributed by atoms with Gasteiger partial charge in [0.2, 0.25) is 0 Å². The van der Waals surface area contributed by atoms with Gasteiger partial charge >= 0.3 is 12.0 Å². The molecule has 0 radical (unpaired) electrons. The first-order valence-corrected chi connectivity index (χ1v) is 7.69. The molecule has 2 fully saturated rings. The van der Waals surface area contributed by atoms with Crippen LogP contribution in [0.3, 0.4) is 0 Å². The number of urea groups is 1. The Hall–Kier alpha value is -1.34. The maximum atomic E-state index is 12.2. The minimum atomic E-state index is -0.732. The molecule has 0 atom stereocenters. The number of hydrogen-bond acceptors (Lipinski definition) is 4. The van der Waals surface area contributed by atoms with Crippen LogP contribution in [0.5, 0.6) is 0 Å². The summed E-state index contributed by atoms with van der Waals surface area (Å²) >= 11 is 0. The second-order valence-electron chi connectivity index (χ2n) is 6.13. The number of piperazine rings is 1. The number of carboxylic acid groups (broad SMARTS) is 1. The molecule has 0 bridgehead atoms. The van der Waals surface area contributed by atoms with Gasteiger partial charge in [-0.25, -0.2) is 9.80 Å². The number of carbonyl (C=O) groups is 2. The summed E-state index contributed by atoms with van der Waals surface area (Å²) in [6, 6.07) is -0.102. The lowest BCUT2D eigenvalue weighted by atomic mass is 9.76. The van der Waals surface area contributed by atoms with E-state index < -0.39 is 11.4 Å². The third-order valence-corrected chi connectivity index (χ3v) is 4.90. The first-order valence-electron chi connectivity index (χ1n) is 7.69. The van der Waals surface area contributed by atoms with Gasteiger partial charge in [0.25, 0.3) is 0 Å². The van der Waals surface area contributed by atoms with E-state index in [1.165, 1.54) is 0 Å². The zero-order valence-corrected chi connectivity index (χ0v) is 13.0. The van der Waals surface area contributed by atoms with Crippen LogP contribution < -0.4 is 5.43 Å². The molecule has 2 N–H and O–H groups in total. The summed E-state index contributed by atoms with van der Waals surface area (Å²) in [7, 11) is 2.07. The summed E-state index contributed by atoms with van der Waals surface area (Å²) in [5.41, 5.74) is 2.28. The van der Waals surface area contributed by atoms with Crippen molar-refractivity contribution in [3.63, 3.8) is 0 Å². The molecule has 0 saturated carbocycles. The van der Waals surface area contributed by atoms with Crippen LogP contribution in [-0.4, -0.2) is 78.2 Å². The first kappa shape index (κ1) is 16.0. The molecule has 0 aromatic carbocycles. The monoisotopic (exact) mass is 298 g/mol. The number of carbonyl (C=O) groups excluding carboxylic acids is 1. The van der Waals surface area contributed by atoms with Crippen molar-refractivity contribution in [2.24, 2.45) is 5.41 Å². The molecular weight excluding hydrogens is 272 g/mol. The number of rotatable bonds is 3. The summed E-state index contributed by atoms with van der Waals surface area (Å²) < 4.78 is 0. The third kappa shape index (κ3) is 3.65. The summed E-state index contributed by atoms with van der Waals surface area (Å²) in [4.78, 5) is 27.6. The van der Waals surface area contributed by atoms with Crippen molar-refractivity contribution in [1.82, 2.24) is 20.2 Å². The van der Waals surface area contributed by atoms with Gasteiger partial charge in [-0.1, -0.05) is 6.92 Å². The largest absolute Gasteiger partial charge is 0.481 e. The molecule has 21 heavy (non-hydrogen) atoms. The molecule has 2 amide bonds. The molecule has 2 rings (SSSR count). The summed E-state index contributed by atoms with van der Waals surface area (Å²) in [6.07, 6.45) is 1.69. The van der Waals surface area contributed by atoms with E-state index in [4.69, 9.17) is 0 Å². The fourth-order valence-electron chi connectivity index (χ4n) is 2.98. The van der Waals surface area contributed by atoms with Crippen LogP contribution in [0.1, 0.15) is 26.2 Å². The number of nitrogens with zero attached hydrogens (tertiary/aromatic N) is 3. The maximum Gasteiger partial charge on any atom is 0.331 e. The Balaban J connectivity index is 1.82. The molecule has 0 spiro atoms. The van der Waals surface area contributed by atoms with Crippen LogP contribution in [0, 0.1) is 5.41 Å². The Morgan fingerprint density at radius 2 is 1.67 bits per heavy atom. The average Bonchev–Trinajstić information content (AvgIpc) is 2.49. The predicted octanol–water partition coefficient (Wildman–Crippen LogP) is 0.435. The van der Waals surface area contributed by atoms with Crippen molar-refractivity contribution >= 4 is 12.0 Å². The number of piperidine rings is 1. The van der Waals surface area contributed by atoms with E-state index in [0.29, 0.717) is 32.4 Å². The number of likely N-dealkylation sites (tertiary alicyclic amines) is 1. The predicted molar refractivity (Wildman–Crippen MR) is 78.8 cm³/mol. The topological polar surface area (TPSA) is 76.1 Å². The van der Waals surface area contributed by atoms with Crippen LogP contribution in [0.15, 0.2) is 0 Å². The number of amides is 2. The Morgan fingerprint density at radius 3 is 2.14 bits per heavy atom. The number of hydrogen-bond donors (Lipinski definition) is 2. The van der Waals surface area contributed by atoms with Gasteiger partial charge in [0.15, 0.2) is 0 Å². The number of aliphatic carboxylic acids is 1. The van der Waals surface area contributed by atoms with E-state index >= 15 is 0 Å². The van der Waals surface area contributed by atoms with Gasteiger partial charge in [-0.3, -0.25) is 10.2 Å². The molecule has 2 aliphatic heterocycles. The normalized spacial score (nSPS) is 23.8. The smallest absolute Gasteiger partial charge is 0.331 e. The fraction of sp³-hybridized carbons (Fsp3) is 0.857. The van der Waals surface area contributed by atoms with E-state index in [-0.39, 0.29) is 6.03 Å². The molecule has 7 heteroatoms. The zero-order valence-electron chi connectivity index (χ0n) is 13.0. The van der Waals surface area contributed by atoms with Crippen molar-refractivity contribution in [3.05, 3.63) is 0 Å². The lowest BCUT2D eigenvalue weighted by Crippen LogP contribution is -2.57. The second kappa shape index (κ2) is 6.62. The lowest BCUT2D eigenvalue weighted by molar-refractivity contribution is -0.152. The highest BCUT2D eigenvalue weighted by Gasteiger charge is 2.41. The molecular formula is C14H26N4O3. The quantitative estimate of drug-likeness (QED) is 0.790. The average molecular weight is 298 g/mol. The minimum absolute atomic E-state index is 0.102. The number of likely N-dealkylation sites (N-methyl/N-ethyl adjacent to an activating group) is 1. The van der Waals surface area contributed by atoms with Crippen molar-refractivity contribution in [3.8, 4) is 0 Å². The van der Waals surface area contributed by atoms with Crippen LogP contribution in [0.4, 0.5) is 4.79 Å². The molecule has 2 heterocycles. The van der Waals surface area contributed by atoms with Gasteiger partial charge in [-0.05, 0) is 26.3 Å². The van der Waals surface area contributed by atoms with E-state index in [1.54, 1.807) is 4.90 Å². The summed E-state index contributed by atoms with van der Waals surface area (Å²) in [6.45, 7) is 6.47. The fourth-order valence-corrected chi connectivity index (χ4v) is 2.98. The van der Waals surface area contributed by atoms with Crippen molar-refractivity contribution in [2.75, 3.05) is 46.3 Å². The SMILES string of the molecule is CCC1(C(=O)O)CCN(C(=O)NN2CCN(C)CC2)CC1. The Bertz CT molecular complexity index is 386. The molecule has 0 aromatic heterocycles. The minimum Gasteiger partial charge on any atom is -0.481 e. The molecule has 0 aliphatic carbocycles. The summed E-state index contributed by atoms with van der Waals surface area (Å²) in [5, 5.41) is 11.3. The van der Waals surface area contributed by atoms with Gasteiger partial charge in [-0.2, -0.15) is 0 Å². The van der Waals surface area contributed by atoms with Gasteiger partial charge in [0.1, 0.15) is 0 Å². The van der Waals surface area contributed by atoms with Crippen molar-refractivity contribution in [2.45, 2.75) is 26.2 Å². The molecule has 7 nitrogen and oxygen atoms in total. The number of carboxylic acids is 1. The van der Waals surface area contributed by atoms with Crippen LogP contribution in [-0.2, 0) is 4.79 Å². The van der Waals surface area contributed by atoms with E-state index in [0.717, 1.165) is 26.2 Å². The van der Waals surface area contributed by atoms with E-state index in [2.05, 4.69) is 17.4 Å². The number of hydrazine groups is 1. The number of nitrogens with one attached hydrogen (secondary N) is 1. The standard InChI is InChI=1S/C14H26N4O3/c1-3-14(12(19)20)4-6-17(7-5-14)13(21)15-18-10-8-16(2)9-11-18/h3-11H2,1-2H3,(H,15,21)(H,19,20). The van der Waals surface area contributed by atoms with Gasteiger partial charge in [0.05, 0.1) is 5.41 Å².